The molecule has 0 fully saturated rings. The molecule has 4 heteroatoms. The molecule has 1 aromatic carbocycles. The van der Waals surface area contributed by atoms with Gasteiger partial charge in [0.25, 0.3) is 0 Å². The van der Waals surface area contributed by atoms with Crippen molar-refractivity contribution in [2.24, 2.45) is 4.99 Å². The summed E-state index contributed by atoms with van der Waals surface area (Å²) in [6, 6.07) is 6.17. The van der Waals surface area contributed by atoms with Crippen LogP contribution in [0.5, 0.6) is 0 Å². The predicted molar refractivity (Wildman–Crippen MR) is 100 cm³/mol. The van der Waals surface area contributed by atoms with Crippen LogP contribution in [0.2, 0.25) is 0 Å². The monoisotopic (exact) mass is 327 g/mol. The summed E-state index contributed by atoms with van der Waals surface area (Å²) in [4.78, 5) is 4.10. The van der Waals surface area contributed by atoms with Crippen LogP contribution in [0.4, 0.5) is 0 Å². The summed E-state index contributed by atoms with van der Waals surface area (Å²) in [5.41, 5.74) is 5.25. The quantitative estimate of drug-likeness (QED) is 0.668. The molecule has 1 aliphatic heterocycles. The number of hydrogen-bond donors (Lipinski definition) is 1. The van der Waals surface area contributed by atoms with Crippen molar-refractivity contribution in [1.29, 1.82) is 0 Å². The summed E-state index contributed by atoms with van der Waals surface area (Å²) in [5, 5.41) is 10.1. The van der Waals surface area contributed by atoms with E-state index < -0.39 is 0 Å². The second-order valence-corrected chi connectivity index (χ2v) is 6.00. The molecule has 128 valence electrons. The van der Waals surface area contributed by atoms with E-state index in [2.05, 4.69) is 28.3 Å². The first-order valence-corrected chi connectivity index (χ1v) is 8.19. The third kappa shape index (κ3) is 3.40. The van der Waals surface area contributed by atoms with Crippen molar-refractivity contribution in [2.75, 3.05) is 27.4 Å². The lowest BCUT2D eigenvalue weighted by Crippen LogP contribution is -2.42. The Balaban J connectivity index is 2.70. The summed E-state index contributed by atoms with van der Waals surface area (Å²) < 4.78 is 7.57. The number of aliphatic hydroxyl groups is 1. The Bertz CT molecular complexity index is 702. The first-order chi connectivity index (χ1) is 11.6. The molecular formula is C20H27N2O2+. The molecule has 0 bridgehead atoms. The highest BCUT2D eigenvalue weighted by Gasteiger charge is 2.41. The van der Waals surface area contributed by atoms with Gasteiger partial charge in [-0.1, -0.05) is 18.2 Å². The molecule has 0 spiro atoms. The number of ether oxygens (including phenoxy) is 1. The van der Waals surface area contributed by atoms with Gasteiger partial charge in [0, 0.05) is 38.9 Å². The second kappa shape index (κ2) is 8.18. The summed E-state index contributed by atoms with van der Waals surface area (Å²) in [5.74, 6) is 0.0771. The number of aliphatic imine (C=N–C) groups is 1. The maximum absolute atomic E-state index is 10.1. The summed E-state index contributed by atoms with van der Waals surface area (Å²) in [6.45, 7) is 8.93. The summed E-state index contributed by atoms with van der Waals surface area (Å²) >= 11 is 0. The van der Waals surface area contributed by atoms with Crippen molar-refractivity contribution in [1.82, 2.24) is 0 Å². The third-order valence-corrected chi connectivity index (χ3v) is 4.47. The van der Waals surface area contributed by atoms with Gasteiger partial charge < -0.3 is 9.84 Å². The highest BCUT2D eigenvalue weighted by Crippen LogP contribution is 2.37. The molecule has 0 amide bonds. The van der Waals surface area contributed by atoms with Crippen LogP contribution in [0, 0.1) is 0 Å². The molecule has 0 radical (unpaired) electrons. The maximum Gasteiger partial charge on any atom is 0.206 e. The minimum absolute atomic E-state index is 0.0412. The zero-order valence-corrected chi connectivity index (χ0v) is 15.0. The van der Waals surface area contributed by atoms with Gasteiger partial charge in [-0.05, 0) is 30.7 Å². The van der Waals surface area contributed by atoms with Gasteiger partial charge in [0.05, 0.1) is 12.5 Å². The topological polar surface area (TPSA) is 44.8 Å². The largest absolute Gasteiger partial charge is 0.389 e. The Morgan fingerprint density at radius 1 is 1.46 bits per heavy atom. The Hall–Kier alpha value is -2.04. The second-order valence-electron chi connectivity index (χ2n) is 6.00. The molecule has 4 nitrogen and oxygen atoms in total. The van der Waals surface area contributed by atoms with Crippen LogP contribution in [0.15, 0.2) is 41.9 Å². The number of hydrogen-bond acceptors (Lipinski definition) is 3. The zero-order chi connectivity index (χ0) is 17.7. The molecule has 24 heavy (non-hydrogen) atoms. The van der Waals surface area contributed by atoms with E-state index in [0.717, 1.165) is 22.5 Å². The van der Waals surface area contributed by atoms with E-state index in [0.29, 0.717) is 6.61 Å². The fourth-order valence-electron chi connectivity index (χ4n) is 3.48. The van der Waals surface area contributed by atoms with Gasteiger partial charge in [0.2, 0.25) is 5.70 Å². The average Bonchev–Trinajstić information content (AvgIpc) is 2.57. The van der Waals surface area contributed by atoms with E-state index in [4.69, 9.17) is 4.74 Å². The Morgan fingerprint density at radius 3 is 2.79 bits per heavy atom. The first kappa shape index (κ1) is 18.3. The maximum atomic E-state index is 10.1. The minimum Gasteiger partial charge on any atom is -0.389 e. The van der Waals surface area contributed by atoms with Gasteiger partial charge in [-0.2, -0.15) is 4.58 Å². The molecule has 0 aromatic heterocycles. The highest BCUT2D eigenvalue weighted by atomic mass is 16.5. The highest BCUT2D eigenvalue weighted by molar-refractivity contribution is 5.91. The number of allylic oxidation sites excluding steroid dienone is 2. The van der Waals surface area contributed by atoms with Crippen LogP contribution in [0.25, 0.3) is 5.70 Å². The van der Waals surface area contributed by atoms with E-state index in [-0.39, 0.29) is 18.6 Å². The minimum atomic E-state index is -0.0909. The standard InChI is InChI=1S/C20H27N2O2/c1-6-7-14(2)22-15(3)18-10-16(11-21-4)8-9-17(18)19(13-24-5)20(22)12-23/h6-11,19-20,23H,3,12-13H2,1-2,4-5H3/q+1/b7-6-,21-11?,22-14?. The van der Waals surface area contributed by atoms with Gasteiger partial charge in [-0.3, -0.25) is 4.99 Å². The molecule has 1 N–H and O–H groups in total. The SMILES string of the molecule is C=C1c2cc(C=NC)ccc2C(COC)C(CO)[N+]1=C(C)/C=C\C. The van der Waals surface area contributed by atoms with Gasteiger partial charge in [0.1, 0.15) is 6.61 Å². The van der Waals surface area contributed by atoms with Crippen molar-refractivity contribution in [3.05, 3.63) is 53.6 Å². The molecule has 1 aromatic rings. The smallest absolute Gasteiger partial charge is 0.206 e. The van der Waals surface area contributed by atoms with E-state index in [1.807, 2.05) is 38.3 Å². The number of methoxy groups -OCH3 is 1. The van der Waals surface area contributed by atoms with Gasteiger partial charge in [-0.15, -0.1) is 0 Å². The fourth-order valence-corrected chi connectivity index (χ4v) is 3.48. The molecule has 0 aliphatic carbocycles. The summed E-state index contributed by atoms with van der Waals surface area (Å²) in [6.07, 6.45) is 5.88. The Kier molecular flexibility index (Phi) is 6.23. The van der Waals surface area contributed by atoms with Crippen molar-refractivity contribution in [3.63, 3.8) is 0 Å². The number of nitrogens with zero attached hydrogens (tertiary/aromatic N) is 2. The predicted octanol–water partition coefficient (Wildman–Crippen LogP) is 2.86. The number of fused-ring (bicyclic) bond motifs is 1. The Morgan fingerprint density at radius 2 is 2.21 bits per heavy atom. The van der Waals surface area contributed by atoms with Crippen molar-refractivity contribution >= 4 is 17.6 Å². The molecule has 2 unspecified atom stereocenters. The normalized spacial score (nSPS) is 23.1. The van der Waals surface area contributed by atoms with Crippen molar-refractivity contribution in [2.45, 2.75) is 25.8 Å². The molecular weight excluding hydrogens is 300 g/mol. The molecule has 2 atom stereocenters. The molecule has 0 saturated heterocycles. The Labute approximate surface area is 144 Å². The number of aliphatic hydroxyl groups excluding tert-OH is 1. The lowest BCUT2D eigenvalue weighted by molar-refractivity contribution is -0.490. The van der Waals surface area contributed by atoms with Crippen LogP contribution < -0.4 is 0 Å². The van der Waals surface area contributed by atoms with Gasteiger partial charge in [-0.25, -0.2) is 0 Å². The fraction of sp³-hybridized carbons (Fsp3) is 0.400. The first-order valence-electron chi connectivity index (χ1n) is 8.19. The number of rotatable bonds is 5. The van der Waals surface area contributed by atoms with E-state index in [1.165, 1.54) is 5.56 Å². The summed E-state index contributed by atoms with van der Waals surface area (Å²) in [7, 11) is 3.46. The molecule has 1 heterocycles. The van der Waals surface area contributed by atoms with Crippen molar-refractivity contribution < 1.29 is 14.4 Å². The molecule has 2 rings (SSSR count). The lowest BCUT2D eigenvalue weighted by Gasteiger charge is -2.31. The zero-order valence-electron chi connectivity index (χ0n) is 15.0. The van der Waals surface area contributed by atoms with Crippen LogP contribution in [-0.2, 0) is 4.74 Å². The average molecular weight is 327 g/mol. The van der Waals surface area contributed by atoms with Crippen LogP contribution in [0.3, 0.4) is 0 Å². The third-order valence-electron chi connectivity index (χ3n) is 4.47. The van der Waals surface area contributed by atoms with E-state index in [9.17, 15) is 5.11 Å². The van der Waals surface area contributed by atoms with Crippen LogP contribution >= 0.6 is 0 Å². The van der Waals surface area contributed by atoms with E-state index >= 15 is 0 Å². The molecule has 1 aliphatic rings. The van der Waals surface area contributed by atoms with Crippen LogP contribution in [-0.4, -0.2) is 55.0 Å². The number of benzene rings is 1. The van der Waals surface area contributed by atoms with E-state index in [1.54, 1.807) is 14.2 Å². The van der Waals surface area contributed by atoms with Gasteiger partial charge >= 0.3 is 0 Å². The van der Waals surface area contributed by atoms with Gasteiger partial charge in [0.15, 0.2) is 11.8 Å². The molecule has 0 saturated carbocycles. The lowest BCUT2D eigenvalue weighted by atomic mass is 9.82. The van der Waals surface area contributed by atoms with Crippen molar-refractivity contribution in [3.8, 4) is 0 Å². The van der Waals surface area contributed by atoms with Crippen LogP contribution in [0.1, 0.15) is 36.5 Å².